The van der Waals surface area contributed by atoms with Crippen molar-refractivity contribution in [1.82, 2.24) is 4.57 Å². The molecule has 0 unspecified atom stereocenters. The third-order valence-electron chi connectivity index (χ3n) is 6.64. The Labute approximate surface area is 248 Å². The Hall–Kier alpha value is -4.61. The van der Waals surface area contributed by atoms with Gasteiger partial charge in [0.05, 0.1) is 47.2 Å². The van der Waals surface area contributed by atoms with Crippen molar-refractivity contribution in [2.45, 2.75) is 19.9 Å². The zero-order chi connectivity index (χ0) is 30.1. The number of aromatic carboxylic acids is 1. The molecule has 1 N–H and O–H groups in total. The smallest absolute Gasteiger partial charge is 0.338 e. The molecule has 42 heavy (non-hydrogen) atoms. The number of benzene rings is 2. The summed E-state index contributed by atoms with van der Waals surface area (Å²) in [5.74, 6) is 0.0819. The first kappa shape index (κ1) is 28.9. The zero-order valence-corrected chi connectivity index (χ0v) is 24.5. The number of esters is 1. The van der Waals surface area contributed by atoms with Gasteiger partial charge in [0.15, 0.2) is 4.80 Å². The van der Waals surface area contributed by atoms with Crippen molar-refractivity contribution in [3.05, 3.63) is 101 Å². The molecule has 0 saturated carbocycles. The number of thiazole rings is 1. The van der Waals surface area contributed by atoms with Gasteiger partial charge in [0.1, 0.15) is 29.1 Å². The van der Waals surface area contributed by atoms with Crippen LogP contribution in [0.2, 0.25) is 5.02 Å². The maximum absolute atomic E-state index is 13.9. The van der Waals surface area contributed by atoms with E-state index in [0.717, 1.165) is 11.3 Å². The number of hydrogen-bond donors (Lipinski definition) is 1. The number of carbonyl (C=O) groups excluding carboxylic acids is 1. The van der Waals surface area contributed by atoms with Crippen LogP contribution in [0.15, 0.2) is 74.0 Å². The Morgan fingerprint density at radius 3 is 2.60 bits per heavy atom. The number of halogens is 1. The molecule has 2 aromatic heterocycles. The lowest BCUT2D eigenvalue weighted by atomic mass is 9.95. The molecule has 2 aromatic carbocycles. The molecule has 0 aliphatic carbocycles. The van der Waals surface area contributed by atoms with Gasteiger partial charge in [-0.2, -0.15) is 0 Å². The van der Waals surface area contributed by atoms with E-state index in [2.05, 4.69) is 4.99 Å². The number of aromatic nitrogens is 1. The molecular weight excluding hydrogens is 584 g/mol. The number of furan rings is 1. The molecule has 5 rings (SSSR count). The van der Waals surface area contributed by atoms with Crippen LogP contribution in [0.4, 0.5) is 0 Å². The average Bonchev–Trinajstić information content (AvgIpc) is 3.56. The van der Waals surface area contributed by atoms with E-state index >= 15 is 0 Å². The van der Waals surface area contributed by atoms with Gasteiger partial charge < -0.3 is 23.7 Å². The molecule has 0 amide bonds. The number of allylic oxidation sites excluding steroid dienone is 1. The molecule has 12 heteroatoms. The first-order valence-electron chi connectivity index (χ1n) is 12.7. The van der Waals surface area contributed by atoms with Crippen molar-refractivity contribution in [1.29, 1.82) is 0 Å². The Balaban J connectivity index is 1.64. The van der Waals surface area contributed by atoms with E-state index in [1.54, 1.807) is 56.3 Å². The molecule has 1 aliphatic heterocycles. The number of hydrogen-bond acceptors (Lipinski definition) is 9. The van der Waals surface area contributed by atoms with E-state index < -0.39 is 18.0 Å². The SMILES string of the molecule is CCOC(=O)C1=C(C)N=c2s/c(=C\c3ccc(-c4ccc(C(=O)O)c(Cl)c4)o3)c(=O)n2[C@H]1c1ccc(OC)cc1OC. The summed E-state index contributed by atoms with van der Waals surface area (Å²) < 4.78 is 24.0. The lowest BCUT2D eigenvalue weighted by molar-refractivity contribution is -0.139. The van der Waals surface area contributed by atoms with Gasteiger partial charge in [0.25, 0.3) is 5.56 Å². The van der Waals surface area contributed by atoms with Crippen molar-refractivity contribution in [2.75, 3.05) is 20.8 Å². The minimum Gasteiger partial charge on any atom is -0.497 e. The van der Waals surface area contributed by atoms with Crippen LogP contribution < -0.4 is 24.4 Å². The van der Waals surface area contributed by atoms with E-state index in [9.17, 15) is 19.5 Å². The van der Waals surface area contributed by atoms with Gasteiger partial charge in [0.2, 0.25) is 0 Å². The van der Waals surface area contributed by atoms with Crippen LogP contribution in [-0.4, -0.2) is 42.4 Å². The lowest BCUT2D eigenvalue weighted by Gasteiger charge is -2.26. The van der Waals surface area contributed by atoms with Gasteiger partial charge in [-0.25, -0.2) is 14.6 Å². The van der Waals surface area contributed by atoms with Gasteiger partial charge >= 0.3 is 11.9 Å². The molecule has 0 fully saturated rings. The fourth-order valence-corrected chi connectivity index (χ4v) is 5.97. The second kappa shape index (κ2) is 11.7. The molecule has 0 bridgehead atoms. The highest BCUT2D eigenvalue weighted by molar-refractivity contribution is 7.07. The molecule has 4 aromatic rings. The molecule has 10 nitrogen and oxygen atoms in total. The second-order valence-corrected chi connectivity index (χ2v) is 10.5. The minimum absolute atomic E-state index is 0.0196. The molecule has 1 aliphatic rings. The van der Waals surface area contributed by atoms with E-state index in [0.29, 0.717) is 49.2 Å². The monoisotopic (exact) mass is 608 g/mol. The van der Waals surface area contributed by atoms with Crippen molar-refractivity contribution in [2.24, 2.45) is 4.99 Å². The Morgan fingerprint density at radius 1 is 1.14 bits per heavy atom. The first-order valence-corrected chi connectivity index (χ1v) is 13.9. The molecule has 0 saturated heterocycles. The number of carbonyl (C=O) groups is 2. The Morgan fingerprint density at radius 2 is 1.93 bits per heavy atom. The van der Waals surface area contributed by atoms with Gasteiger partial charge in [-0.3, -0.25) is 9.36 Å². The van der Waals surface area contributed by atoms with E-state index in [-0.39, 0.29) is 28.3 Å². The minimum atomic E-state index is -1.13. The summed E-state index contributed by atoms with van der Waals surface area (Å²) in [6, 6.07) is 12.2. The van der Waals surface area contributed by atoms with Crippen LogP contribution in [-0.2, 0) is 9.53 Å². The Kier molecular flexibility index (Phi) is 8.06. The topological polar surface area (TPSA) is 130 Å². The summed E-state index contributed by atoms with van der Waals surface area (Å²) in [4.78, 5) is 43.3. The Bertz CT molecular complexity index is 1930. The maximum atomic E-state index is 13.9. The summed E-state index contributed by atoms with van der Waals surface area (Å²) >= 11 is 7.27. The highest BCUT2D eigenvalue weighted by Gasteiger charge is 2.35. The summed E-state index contributed by atoms with van der Waals surface area (Å²) in [6.45, 7) is 3.56. The zero-order valence-electron chi connectivity index (χ0n) is 23.0. The third-order valence-corrected chi connectivity index (χ3v) is 7.93. The average molecular weight is 609 g/mol. The van der Waals surface area contributed by atoms with E-state index in [4.69, 9.17) is 30.2 Å². The van der Waals surface area contributed by atoms with Crippen LogP contribution in [0.25, 0.3) is 17.4 Å². The van der Waals surface area contributed by atoms with Crippen molar-refractivity contribution in [3.63, 3.8) is 0 Å². The number of fused-ring (bicyclic) bond motifs is 1. The molecule has 1 atom stereocenters. The van der Waals surface area contributed by atoms with Gasteiger partial charge in [-0.05, 0) is 50.2 Å². The highest BCUT2D eigenvalue weighted by Crippen LogP contribution is 2.37. The van der Waals surface area contributed by atoms with Crippen molar-refractivity contribution >= 4 is 41.0 Å². The molecular formula is C30H25ClN2O8S. The first-order chi connectivity index (χ1) is 20.2. The molecule has 0 spiro atoms. The second-order valence-electron chi connectivity index (χ2n) is 9.11. The van der Waals surface area contributed by atoms with Gasteiger partial charge in [-0.1, -0.05) is 29.0 Å². The molecule has 3 heterocycles. The van der Waals surface area contributed by atoms with Crippen molar-refractivity contribution in [3.8, 4) is 22.8 Å². The van der Waals surface area contributed by atoms with E-state index in [1.165, 1.54) is 30.9 Å². The van der Waals surface area contributed by atoms with Crippen LogP contribution in [0, 0.1) is 0 Å². The van der Waals surface area contributed by atoms with Crippen LogP contribution in [0.5, 0.6) is 11.5 Å². The normalized spacial score (nSPS) is 14.8. The number of carboxylic acid groups (broad SMARTS) is 1. The number of carboxylic acids is 1. The fourth-order valence-electron chi connectivity index (χ4n) is 4.69. The summed E-state index contributed by atoms with van der Waals surface area (Å²) in [5.41, 5.74) is 1.38. The molecule has 0 radical (unpaired) electrons. The van der Waals surface area contributed by atoms with Crippen molar-refractivity contribution < 1.29 is 33.3 Å². The largest absolute Gasteiger partial charge is 0.497 e. The lowest BCUT2D eigenvalue weighted by Crippen LogP contribution is -2.40. The molecule has 216 valence electrons. The predicted molar refractivity (Wildman–Crippen MR) is 156 cm³/mol. The third kappa shape index (κ3) is 5.24. The number of rotatable bonds is 8. The maximum Gasteiger partial charge on any atom is 0.338 e. The number of ether oxygens (including phenoxy) is 3. The summed E-state index contributed by atoms with van der Waals surface area (Å²) in [7, 11) is 3.03. The van der Waals surface area contributed by atoms with Crippen LogP contribution >= 0.6 is 22.9 Å². The highest BCUT2D eigenvalue weighted by atomic mass is 35.5. The number of methoxy groups -OCH3 is 2. The predicted octanol–water partition coefficient (Wildman–Crippen LogP) is 4.43. The van der Waals surface area contributed by atoms with Gasteiger partial charge in [0, 0.05) is 23.3 Å². The van der Waals surface area contributed by atoms with Crippen LogP contribution in [0.3, 0.4) is 0 Å². The fraction of sp³-hybridized carbons (Fsp3) is 0.200. The summed E-state index contributed by atoms with van der Waals surface area (Å²) in [6.07, 6.45) is 1.59. The van der Waals surface area contributed by atoms with E-state index in [1.807, 2.05) is 0 Å². The standard InChI is InChI=1S/C30H25ClN2O8S/c1-5-40-29(37)25-15(2)32-30-33(26(25)20-10-7-17(38-3)13-23(20)39-4)27(34)24(42-30)14-18-8-11-22(41-18)16-6-9-19(28(35)36)21(31)12-16/h6-14,26H,5H2,1-4H3,(H,35,36)/b24-14-/t26-/m0/s1. The summed E-state index contributed by atoms with van der Waals surface area (Å²) in [5, 5.41) is 9.31. The van der Waals surface area contributed by atoms with Gasteiger partial charge in [-0.15, -0.1) is 0 Å². The number of nitrogens with zero attached hydrogens (tertiary/aromatic N) is 2. The quantitative estimate of drug-likeness (QED) is 0.291. The van der Waals surface area contributed by atoms with Crippen LogP contribution in [0.1, 0.15) is 41.6 Å².